The van der Waals surface area contributed by atoms with E-state index >= 15 is 0 Å². The predicted octanol–water partition coefficient (Wildman–Crippen LogP) is 5.25. The van der Waals surface area contributed by atoms with Gasteiger partial charge in [0.15, 0.2) is 0 Å². The van der Waals surface area contributed by atoms with Crippen LogP contribution in [0.1, 0.15) is 31.2 Å². The van der Waals surface area contributed by atoms with Gasteiger partial charge in [0, 0.05) is 43.5 Å². The van der Waals surface area contributed by atoms with Crippen LogP contribution in [0.25, 0.3) is 0 Å². The van der Waals surface area contributed by atoms with Crippen LogP contribution in [0.4, 0.5) is 11.8 Å². The van der Waals surface area contributed by atoms with Crippen molar-refractivity contribution in [1.29, 1.82) is 0 Å². The van der Waals surface area contributed by atoms with Gasteiger partial charge in [-0.1, -0.05) is 34.8 Å². The molecule has 1 aromatic carbocycles. The number of carbonyl (C=O) groups is 1. The molecule has 6 nitrogen and oxygen atoms in total. The lowest BCUT2D eigenvalue weighted by Gasteiger charge is -2.29. The molecule has 1 amide bonds. The maximum Gasteiger partial charge on any atom is 0.224 e. The molecule has 0 bridgehead atoms. The second-order valence-electron chi connectivity index (χ2n) is 7.80. The molecule has 1 aliphatic carbocycles. The van der Waals surface area contributed by atoms with Crippen molar-refractivity contribution in [1.82, 2.24) is 15.3 Å². The lowest BCUT2D eigenvalue weighted by atomic mass is 9.86. The van der Waals surface area contributed by atoms with E-state index in [9.17, 15) is 4.79 Å². The zero-order valence-corrected chi connectivity index (χ0v) is 20.6. The van der Waals surface area contributed by atoms with E-state index in [1.807, 2.05) is 25.1 Å². The van der Waals surface area contributed by atoms with E-state index in [0.29, 0.717) is 45.1 Å². The summed E-state index contributed by atoms with van der Waals surface area (Å²) in [5, 5.41) is 7.63. The Balaban J connectivity index is 0.00000341. The fourth-order valence-electron chi connectivity index (χ4n) is 3.57. The van der Waals surface area contributed by atoms with Gasteiger partial charge in [-0.05, 0) is 49.8 Å². The zero-order chi connectivity index (χ0) is 21.7. The van der Waals surface area contributed by atoms with Gasteiger partial charge >= 0.3 is 0 Å². The Morgan fingerprint density at radius 1 is 1.10 bits per heavy atom. The Bertz CT molecular complexity index is 888. The minimum atomic E-state index is -0.102. The summed E-state index contributed by atoms with van der Waals surface area (Å²) in [6.07, 6.45) is 5.98. The molecule has 3 rings (SSSR count). The first-order chi connectivity index (χ1) is 14.3. The van der Waals surface area contributed by atoms with Crippen LogP contribution in [-0.2, 0) is 11.2 Å². The van der Waals surface area contributed by atoms with Crippen LogP contribution >= 0.6 is 47.2 Å². The maximum atomic E-state index is 12.4. The molecule has 0 spiro atoms. The molecule has 1 heterocycles. The van der Waals surface area contributed by atoms with Crippen LogP contribution in [0.2, 0.25) is 15.1 Å². The minimum absolute atomic E-state index is 0. The standard InChI is InChI=1S/C21H26Cl3N5O.ClH/c1-29(2)18-9-10-25-21(28-18)27-14-5-3-13(4-6-14)12-26-19(30)11-15-16(22)7-8-17(23)20(15)24;/h7-10,13-14H,3-6,11-12H2,1-2H3,(H,26,30)(H,25,27,28);1H. The van der Waals surface area contributed by atoms with Crippen LogP contribution in [0, 0.1) is 5.92 Å². The molecule has 31 heavy (non-hydrogen) atoms. The average Bonchev–Trinajstić information content (AvgIpc) is 2.73. The van der Waals surface area contributed by atoms with Gasteiger partial charge in [-0.2, -0.15) is 4.98 Å². The van der Waals surface area contributed by atoms with Crippen LogP contribution in [-0.4, -0.2) is 42.6 Å². The van der Waals surface area contributed by atoms with E-state index in [4.69, 9.17) is 34.8 Å². The number of hydrogen-bond donors (Lipinski definition) is 2. The van der Waals surface area contributed by atoms with Crippen LogP contribution < -0.4 is 15.5 Å². The quantitative estimate of drug-likeness (QED) is 0.501. The highest BCUT2D eigenvalue weighted by molar-refractivity contribution is 6.44. The number of anilines is 2. The average molecular weight is 507 g/mol. The monoisotopic (exact) mass is 505 g/mol. The fraction of sp³-hybridized carbons (Fsp3) is 0.476. The normalized spacial score (nSPS) is 18.1. The van der Waals surface area contributed by atoms with Crippen molar-refractivity contribution in [2.75, 3.05) is 30.9 Å². The van der Waals surface area contributed by atoms with Gasteiger partial charge in [-0.15, -0.1) is 12.4 Å². The second-order valence-corrected chi connectivity index (χ2v) is 8.99. The molecule has 0 unspecified atom stereocenters. The Morgan fingerprint density at radius 3 is 2.45 bits per heavy atom. The van der Waals surface area contributed by atoms with Gasteiger partial charge in [0.1, 0.15) is 5.82 Å². The number of nitrogens with one attached hydrogen (secondary N) is 2. The molecule has 1 aromatic heterocycles. The minimum Gasteiger partial charge on any atom is -0.363 e. The zero-order valence-electron chi connectivity index (χ0n) is 17.5. The van der Waals surface area contributed by atoms with Gasteiger partial charge in [0.25, 0.3) is 0 Å². The van der Waals surface area contributed by atoms with E-state index in [2.05, 4.69) is 20.6 Å². The third-order valence-corrected chi connectivity index (χ3v) is 6.54. The molecular formula is C21H27Cl4N5O. The summed E-state index contributed by atoms with van der Waals surface area (Å²) < 4.78 is 0. The molecular weight excluding hydrogens is 480 g/mol. The highest BCUT2D eigenvalue weighted by Crippen LogP contribution is 2.32. The van der Waals surface area contributed by atoms with Gasteiger partial charge in [0.05, 0.1) is 16.5 Å². The van der Waals surface area contributed by atoms with Crippen molar-refractivity contribution in [2.24, 2.45) is 5.92 Å². The first-order valence-corrected chi connectivity index (χ1v) is 11.1. The molecule has 2 N–H and O–H groups in total. The smallest absolute Gasteiger partial charge is 0.224 e. The number of rotatable bonds is 7. The molecule has 1 aliphatic rings. The molecule has 10 heteroatoms. The van der Waals surface area contributed by atoms with Gasteiger partial charge in [-0.3, -0.25) is 4.79 Å². The summed E-state index contributed by atoms with van der Waals surface area (Å²) in [6, 6.07) is 5.51. The number of carbonyl (C=O) groups excluding carboxylic acids is 1. The van der Waals surface area contributed by atoms with Gasteiger partial charge in [0.2, 0.25) is 11.9 Å². The summed E-state index contributed by atoms with van der Waals surface area (Å²) >= 11 is 18.4. The highest BCUT2D eigenvalue weighted by Gasteiger charge is 2.22. The topological polar surface area (TPSA) is 70.2 Å². The first-order valence-electron chi connectivity index (χ1n) is 9.99. The highest BCUT2D eigenvalue weighted by atomic mass is 35.5. The summed E-state index contributed by atoms with van der Waals surface area (Å²) in [5.41, 5.74) is 0.566. The molecule has 1 saturated carbocycles. The Labute approximate surface area is 204 Å². The third kappa shape index (κ3) is 7.28. The Hall–Kier alpha value is -1.47. The summed E-state index contributed by atoms with van der Waals surface area (Å²) in [6.45, 7) is 0.647. The fourth-order valence-corrected chi connectivity index (χ4v) is 4.25. The molecule has 0 radical (unpaired) electrons. The van der Waals surface area contributed by atoms with Crippen LogP contribution in [0.15, 0.2) is 24.4 Å². The Morgan fingerprint density at radius 2 is 1.77 bits per heavy atom. The van der Waals surface area contributed by atoms with Gasteiger partial charge < -0.3 is 15.5 Å². The molecule has 0 saturated heterocycles. The van der Waals surface area contributed by atoms with Crippen molar-refractivity contribution in [3.63, 3.8) is 0 Å². The van der Waals surface area contributed by atoms with E-state index in [1.165, 1.54) is 0 Å². The first kappa shape index (κ1) is 25.8. The molecule has 170 valence electrons. The van der Waals surface area contributed by atoms with Gasteiger partial charge in [-0.25, -0.2) is 4.98 Å². The summed E-state index contributed by atoms with van der Waals surface area (Å²) in [5.74, 6) is 1.89. The lowest BCUT2D eigenvalue weighted by molar-refractivity contribution is -0.120. The number of benzene rings is 1. The second kappa shape index (κ2) is 12.0. The van der Waals surface area contributed by atoms with E-state index in [0.717, 1.165) is 31.5 Å². The number of amides is 1. The van der Waals surface area contributed by atoms with Crippen LogP contribution in [0.5, 0.6) is 0 Å². The van der Waals surface area contributed by atoms with Crippen molar-refractivity contribution in [3.05, 3.63) is 45.0 Å². The Kier molecular flexibility index (Phi) is 9.94. The molecule has 0 atom stereocenters. The third-order valence-electron chi connectivity index (χ3n) is 5.34. The molecule has 2 aromatic rings. The molecule has 0 aliphatic heterocycles. The van der Waals surface area contributed by atoms with E-state index in [1.54, 1.807) is 18.3 Å². The number of aromatic nitrogens is 2. The van der Waals surface area contributed by atoms with Crippen LogP contribution in [0.3, 0.4) is 0 Å². The van der Waals surface area contributed by atoms with Crippen molar-refractivity contribution >= 4 is 64.9 Å². The largest absolute Gasteiger partial charge is 0.363 e. The van der Waals surface area contributed by atoms with Crippen molar-refractivity contribution in [2.45, 2.75) is 38.1 Å². The summed E-state index contributed by atoms with van der Waals surface area (Å²) in [4.78, 5) is 23.2. The molecule has 1 fully saturated rings. The van der Waals surface area contributed by atoms with E-state index < -0.39 is 0 Å². The summed E-state index contributed by atoms with van der Waals surface area (Å²) in [7, 11) is 3.92. The lowest BCUT2D eigenvalue weighted by Crippen LogP contribution is -2.35. The number of hydrogen-bond acceptors (Lipinski definition) is 5. The van der Waals surface area contributed by atoms with Crippen molar-refractivity contribution < 1.29 is 4.79 Å². The van der Waals surface area contributed by atoms with Crippen molar-refractivity contribution in [3.8, 4) is 0 Å². The SMILES string of the molecule is CN(C)c1ccnc(NC2CCC(CNC(=O)Cc3c(Cl)ccc(Cl)c3Cl)CC2)n1.Cl. The van der Waals surface area contributed by atoms with E-state index in [-0.39, 0.29) is 24.7 Å². The predicted molar refractivity (Wildman–Crippen MR) is 131 cm³/mol. The number of halogens is 4. The maximum absolute atomic E-state index is 12.4. The number of nitrogens with zero attached hydrogens (tertiary/aromatic N) is 3.